The molecule has 134 valence electrons. The van der Waals surface area contributed by atoms with Crippen LogP contribution in [0.5, 0.6) is 0 Å². The maximum absolute atomic E-state index is 9.17. The van der Waals surface area contributed by atoms with E-state index in [9.17, 15) is 0 Å². The van der Waals surface area contributed by atoms with Gasteiger partial charge in [0.15, 0.2) is 5.82 Å². The third-order valence-electron chi connectivity index (χ3n) is 5.64. The van der Waals surface area contributed by atoms with Gasteiger partial charge < -0.3 is 10.2 Å². The smallest absolute Gasteiger partial charge is 0.150 e. The lowest BCUT2D eigenvalue weighted by Crippen LogP contribution is -2.42. The minimum atomic E-state index is 0.0891. The van der Waals surface area contributed by atoms with Crippen molar-refractivity contribution in [2.45, 2.75) is 31.7 Å². The molecule has 0 saturated carbocycles. The molecule has 0 aliphatic carbocycles. The second-order valence-corrected chi connectivity index (χ2v) is 7.06. The first kappa shape index (κ1) is 16.9. The Morgan fingerprint density at radius 1 is 1.04 bits per heavy atom. The van der Waals surface area contributed by atoms with Crippen LogP contribution < -0.4 is 10.2 Å². The molecule has 7 heteroatoms. The fourth-order valence-electron chi connectivity index (χ4n) is 4.30. The topological polar surface area (TPSA) is 90.6 Å². The van der Waals surface area contributed by atoms with Crippen LogP contribution in [0.4, 0.5) is 5.82 Å². The standard InChI is InChI=1S/C19H23N7/c20-12-16-11-18(25-13-24-16)26-9-4-15(14-2-7-21-8-3-14)10-17(26)19-22-5-1-6-23-19/h1,5-6,11,13-15,17,21H,2-4,7-10H2/t15?,17-/m1/s1. The van der Waals surface area contributed by atoms with Crippen LogP contribution >= 0.6 is 0 Å². The molecule has 0 amide bonds. The molecule has 0 spiro atoms. The normalized spacial score (nSPS) is 24.2. The molecule has 0 aromatic carbocycles. The summed E-state index contributed by atoms with van der Waals surface area (Å²) >= 11 is 0. The molecule has 4 rings (SSSR count). The highest BCUT2D eigenvalue weighted by atomic mass is 15.2. The molecule has 1 unspecified atom stereocenters. The zero-order valence-electron chi connectivity index (χ0n) is 14.8. The fraction of sp³-hybridized carbons (Fsp3) is 0.526. The predicted molar refractivity (Wildman–Crippen MR) is 97.2 cm³/mol. The van der Waals surface area contributed by atoms with E-state index in [2.05, 4.69) is 36.2 Å². The highest BCUT2D eigenvalue weighted by Crippen LogP contribution is 2.40. The minimum absolute atomic E-state index is 0.0891. The van der Waals surface area contributed by atoms with E-state index >= 15 is 0 Å². The Morgan fingerprint density at radius 3 is 2.62 bits per heavy atom. The number of piperidine rings is 2. The number of aromatic nitrogens is 4. The van der Waals surface area contributed by atoms with Crippen LogP contribution in [0.3, 0.4) is 0 Å². The van der Waals surface area contributed by atoms with Crippen LogP contribution in [0.1, 0.15) is 43.2 Å². The average Bonchev–Trinajstić information content (AvgIpc) is 2.74. The second-order valence-electron chi connectivity index (χ2n) is 7.06. The first-order valence-electron chi connectivity index (χ1n) is 9.31. The lowest BCUT2D eigenvalue weighted by atomic mass is 9.76. The summed E-state index contributed by atoms with van der Waals surface area (Å²) in [5, 5.41) is 12.6. The van der Waals surface area contributed by atoms with E-state index in [0.717, 1.165) is 50.0 Å². The Kier molecular flexibility index (Phi) is 5.02. The van der Waals surface area contributed by atoms with Gasteiger partial charge in [-0.2, -0.15) is 5.26 Å². The number of nitrogens with one attached hydrogen (secondary N) is 1. The molecule has 2 saturated heterocycles. The number of nitriles is 1. The number of rotatable bonds is 3. The van der Waals surface area contributed by atoms with Gasteiger partial charge >= 0.3 is 0 Å². The zero-order chi connectivity index (χ0) is 17.8. The van der Waals surface area contributed by atoms with Crippen molar-refractivity contribution in [1.82, 2.24) is 25.3 Å². The molecule has 2 fully saturated rings. The number of hydrogen-bond donors (Lipinski definition) is 1. The van der Waals surface area contributed by atoms with Crippen LogP contribution in [0, 0.1) is 23.2 Å². The summed E-state index contributed by atoms with van der Waals surface area (Å²) in [5.74, 6) is 3.07. The van der Waals surface area contributed by atoms with Gasteiger partial charge in [-0.05, 0) is 56.7 Å². The van der Waals surface area contributed by atoms with Crippen LogP contribution in [-0.4, -0.2) is 39.6 Å². The molecular formula is C19H23N7. The third kappa shape index (κ3) is 3.51. The number of hydrogen-bond acceptors (Lipinski definition) is 7. The maximum atomic E-state index is 9.17. The van der Waals surface area contributed by atoms with Crippen molar-refractivity contribution in [2.75, 3.05) is 24.5 Å². The van der Waals surface area contributed by atoms with E-state index < -0.39 is 0 Å². The molecule has 4 heterocycles. The molecule has 2 aliphatic heterocycles. The van der Waals surface area contributed by atoms with E-state index in [0.29, 0.717) is 11.6 Å². The summed E-state index contributed by atoms with van der Waals surface area (Å²) < 4.78 is 0. The highest BCUT2D eigenvalue weighted by molar-refractivity contribution is 5.44. The monoisotopic (exact) mass is 349 g/mol. The van der Waals surface area contributed by atoms with Gasteiger partial charge in [-0.15, -0.1) is 0 Å². The Hall–Kier alpha value is -2.59. The Balaban J connectivity index is 1.62. The molecule has 2 aromatic heterocycles. The molecule has 2 aliphatic rings. The predicted octanol–water partition coefficient (Wildman–Crippen LogP) is 2.10. The molecular weight excluding hydrogens is 326 g/mol. The van der Waals surface area contributed by atoms with Crippen molar-refractivity contribution in [1.29, 1.82) is 5.26 Å². The lowest BCUT2D eigenvalue weighted by molar-refractivity contribution is 0.197. The van der Waals surface area contributed by atoms with Crippen molar-refractivity contribution < 1.29 is 0 Å². The number of anilines is 1. The Bertz CT molecular complexity index is 767. The number of nitrogens with zero attached hydrogens (tertiary/aromatic N) is 6. The van der Waals surface area contributed by atoms with E-state index in [1.165, 1.54) is 19.2 Å². The molecule has 2 aromatic rings. The maximum Gasteiger partial charge on any atom is 0.150 e. The second kappa shape index (κ2) is 7.75. The zero-order valence-corrected chi connectivity index (χ0v) is 14.8. The summed E-state index contributed by atoms with van der Waals surface area (Å²) in [7, 11) is 0. The van der Waals surface area contributed by atoms with Gasteiger partial charge in [0.2, 0.25) is 0 Å². The van der Waals surface area contributed by atoms with Gasteiger partial charge in [-0.1, -0.05) is 0 Å². The van der Waals surface area contributed by atoms with Gasteiger partial charge in [0, 0.05) is 25.0 Å². The van der Waals surface area contributed by atoms with Gasteiger partial charge in [-0.3, -0.25) is 0 Å². The highest BCUT2D eigenvalue weighted by Gasteiger charge is 2.36. The minimum Gasteiger partial charge on any atom is -0.346 e. The van der Waals surface area contributed by atoms with E-state index in [1.807, 2.05) is 6.07 Å². The van der Waals surface area contributed by atoms with Crippen LogP contribution in [0.2, 0.25) is 0 Å². The summed E-state index contributed by atoms with van der Waals surface area (Å²) in [6, 6.07) is 5.81. The van der Waals surface area contributed by atoms with Gasteiger partial charge in [0.05, 0.1) is 6.04 Å². The summed E-state index contributed by atoms with van der Waals surface area (Å²) in [5.41, 5.74) is 0.392. The molecule has 26 heavy (non-hydrogen) atoms. The third-order valence-corrected chi connectivity index (χ3v) is 5.64. The molecule has 1 N–H and O–H groups in total. The lowest BCUT2D eigenvalue weighted by Gasteiger charge is -2.42. The van der Waals surface area contributed by atoms with Crippen molar-refractivity contribution in [2.24, 2.45) is 11.8 Å². The van der Waals surface area contributed by atoms with Crippen LogP contribution in [-0.2, 0) is 0 Å². The average molecular weight is 349 g/mol. The van der Waals surface area contributed by atoms with E-state index in [1.54, 1.807) is 18.5 Å². The Morgan fingerprint density at radius 2 is 1.85 bits per heavy atom. The van der Waals surface area contributed by atoms with Gasteiger partial charge in [0.1, 0.15) is 23.9 Å². The Labute approximate surface area is 153 Å². The fourth-order valence-corrected chi connectivity index (χ4v) is 4.30. The van der Waals surface area contributed by atoms with Crippen molar-refractivity contribution in [3.05, 3.63) is 42.4 Å². The van der Waals surface area contributed by atoms with Crippen molar-refractivity contribution in [3.8, 4) is 6.07 Å². The SMILES string of the molecule is N#Cc1cc(N2CCC(C3CCNCC3)C[C@@H]2c2ncccn2)ncn1. The molecule has 0 bridgehead atoms. The van der Waals surface area contributed by atoms with E-state index in [4.69, 9.17) is 5.26 Å². The van der Waals surface area contributed by atoms with Crippen LogP contribution in [0.15, 0.2) is 30.9 Å². The first-order chi connectivity index (χ1) is 12.8. The van der Waals surface area contributed by atoms with Gasteiger partial charge in [-0.25, -0.2) is 19.9 Å². The summed E-state index contributed by atoms with van der Waals surface area (Å²) in [6.45, 7) is 3.14. The van der Waals surface area contributed by atoms with Crippen molar-refractivity contribution in [3.63, 3.8) is 0 Å². The van der Waals surface area contributed by atoms with E-state index in [-0.39, 0.29) is 6.04 Å². The first-order valence-corrected chi connectivity index (χ1v) is 9.31. The van der Waals surface area contributed by atoms with Crippen LogP contribution in [0.25, 0.3) is 0 Å². The van der Waals surface area contributed by atoms with Crippen molar-refractivity contribution >= 4 is 5.82 Å². The summed E-state index contributed by atoms with van der Waals surface area (Å²) in [4.78, 5) is 19.7. The summed E-state index contributed by atoms with van der Waals surface area (Å²) in [6.07, 6.45) is 9.74. The largest absolute Gasteiger partial charge is 0.346 e. The molecule has 7 nitrogen and oxygen atoms in total. The van der Waals surface area contributed by atoms with Gasteiger partial charge in [0.25, 0.3) is 0 Å². The molecule has 0 radical (unpaired) electrons. The molecule has 2 atom stereocenters. The quantitative estimate of drug-likeness (QED) is 0.907.